The van der Waals surface area contributed by atoms with Gasteiger partial charge in [-0.15, -0.1) is 0 Å². The average molecular weight is 380 g/mol. The third kappa shape index (κ3) is 4.16. The number of methoxy groups -OCH3 is 1. The summed E-state index contributed by atoms with van der Waals surface area (Å²) < 4.78 is 11.0. The molecular formula is C21H26N5O2+. The molecular weight excluding hydrogens is 354 g/mol. The van der Waals surface area contributed by atoms with E-state index >= 15 is 0 Å². The molecule has 2 aromatic carbocycles. The van der Waals surface area contributed by atoms with Gasteiger partial charge in [0, 0.05) is 5.56 Å². The number of fused-ring (bicyclic) bond motifs is 1. The number of hydrazone groups is 1. The van der Waals surface area contributed by atoms with E-state index in [1.54, 1.807) is 7.11 Å². The summed E-state index contributed by atoms with van der Waals surface area (Å²) in [4.78, 5) is 9.22. The second-order valence-electron chi connectivity index (χ2n) is 6.98. The molecule has 1 aliphatic rings. The van der Waals surface area contributed by atoms with Crippen LogP contribution in [-0.2, 0) is 11.3 Å². The first-order chi connectivity index (χ1) is 13.7. The van der Waals surface area contributed by atoms with E-state index in [1.807, 2.05) is 43.3 Å². The Kier molecular flexibility index (Phi) is 5.55. The average Bonchev–Trinajstić information content (AvgIpc) is 3.16. The molecule has 0 atom stereocenters. The summed E-state index contributed by atoms with van der Waals surface area (Å²) in [7, 11) is 1.72. The number of morpholine rings is 1. The van der Waals surface area contributed by atoms with Crippen LogP contribution < -0.4 is 15.1 Å². The molecule has 1 aliphatic heterocycles. The molecule has 3 N–H and O–H groups in total. The predicted molar refractivity (Wildman–Crippen MR) is 110 cm³/mol. The molecule has 0 saturated carbocycles. The number of anilines is 1. The van der Waals surface area contributed by atoms with Gasteiger partial charge in [0.25, 0.3) is 0 Å². The number of nitrogens with one attached hydrogen (secondary N) is 3. The summed E-state index contributed by atoms with van der Waals surface area (Å²) in [6.45, 7) is 6.59. The lowest BCUT2D eigenvalue weighted by Crippen LogP contribution is -3.12. The van der Waals surface area contributed by atoms with E-state index < -0.39 is 0 Å². The van der Waals surface area contributed by atoms with Crippen LogP contribution in [0.25, 0.3) is 11.0 Å². The van der Waals surface area contributed by atoms with Gasteiger partial charge in [-0.05, 0) is 42.8 Å². The van der Waals surface area contributed by atoms with Crippen molar-refractivity contribution >= 4 is 22.7 Å². The molecule has 0 spiro atoms. The number of aromatic amines is 1. The lowest BCUT2D eigenvalue weighted by molar-refractivity contribution is -0.921. The lowest BCUT2D eigenvalue weighted by atomic mass is 10.1. The van der Waals surface area contributed by atoms with Crippen molar-refractivity contribution in [1.82, 2.24) is 9.97 Å². The van der Waals surface area contributed by atoms with Crippen molar-refractivity contribution in [2.24, 2.45) is 5.10 Å². The molecule has 7 nitrogen and oxygen atoms in total. The maximum atomic E-state index is 5.57. The number of quaternary nitrogens is 1. The molecule has 2 heterocycles. The van der Waals surface area contributed by atoms with Gasteiger partial charge in [-0.3, -0.25) is 0 Å². The highest BCUT2D eigenvalue weighted by molar-refractivity contribution is 5.99. The summed E-state index contributed by atoms with van der Waals surface area (Å²) in [5, 5.41) is 4.51. The van der Waals surface area contributed by atoms with Crippen LogP contribution >= 0.6 is 0 Å². The van der Waals surface area contributed by atoms with Crippen LogP contribution in [0.15, 0.2) is 47.6 Å². The van der Waals surface area contributed by atoms with Crippen LogP contribution in [0.5, 0.6) is 5.75 Å². The number of aromatic nitrogens is 2. The van der Waals surface area contributed by atoms with Crippen LogP contribution in [0.4, 0.5) is 5.95 Å². The molecule has 4 rings (SSSR count). The largest absolute Gasteiger partial charge is 0.496 e. The maximum Gasteiger partial charge on any atom is 0.222 e. The zero-order valence-electron chi connectivity index (χ0n) is 16.3. The van der Waals surface area contributed by atoms with E-state index in [-0.39, 0.29) is 0 Å². The number of hydrogen-bond acceptors (Lipinski definition) is 5. The third-order valence-corrected chi connectivity index (χ3v) is 5.06. The Bertz CT molecular complexity index is 943. The summed E-state index contributed by atoms with van der Waals surface area (Å²) in [6.07, 6.45) is 0. The Morgan fingerprint density at radius 2 is 2.07 bits per heavy atom. The number of ether oxygens (including phenoxy) is 2. The topological polar surface area (TPSA) is 76.0 Å². The molecule has 3 aromatic rings. The Balaban J connectivity index is 1.51. The second-order valence-corrected chi connectivity index (χ2v) is 6.98. The van der Waals surface area contributed by atoms with E-state index in [9.17, 15) is 0 Å². The summed E-state index contributed by atoms with van der Waals surface area (Å²) in [5.41, 5.74) is 8.07. The Morgan fingerprint density at radius 3 is 2.86 bits per heavy atom. The van der Waals surface area contributed by atoms with Gasteiger partial charge < -0.3 is 19.4 Å². The predicted octanol–water partition coefficient (Wildman–Crippen LogP) is 1.82. The molecule has 0 amide bonds. The van der Waals surface area contributed by atoms with Crippen LogP contribution in [0.2, 0.25) is 0 Å². The minimum atomic E-state index is 0.632. The third-order valence-electron chi connectivity index (χ3n) is 5.06. The molecule has 0 bridgehead atoms. The summed E-state index contributed by atoms with van der Waals surface area (Å²) in [5.74, 6) is 1.55. The minimum Gasteiger partial charge on any atom is -0.496 e. The maximum absolute atomic E-state index is 5.57. The number of nitrogens with zero attached hydrogens (tertiary/aromatic N) is 2. The van der Waals surface area contributed by atoms with Gasteiger partial charge in [0.2, 0.25) is 5.95 Å². The van der Waals surface area contributed by atoms with Crippen LogP contribution in [0.3, 0.4) is 0 Å². The number of rotatable bonds is 6. The molecule has 1 saturated heterocycles. The summed E-state index contributed by atoms with van der Waals surface area (Å²) in [6, 6.07) is 14.1. The van der Waals surface area contributed by atoms with E-state index in [0.29, 0.717) is 5.95 Å². The van der Waals surface area contributed by atoms with Crippen molar-refractivity contribution in [1.29, 1.82) is 0 Å². The van der Waals surface area contributed by atoms with E-state index in [0.717, 1.165) is 60.9 Å². The lowest BCUT2D eigenvalue weighted by Gasteiger charge is -2.24. The number of imidazole rings is 1. The Hall–Kier alpha value is -2.90. The first-order valence-electron chi connectivity index (χ1n) is 9.56. The van der Waals surface area contributed by atoms with Gasteiger partial charge in [0.1, 0.15) is 25.4 Å². The minimum absolute atomic E-state index is 0.632. The van der Waals surface area contributed by atoms with Gasteiger partial charge in [-0.2, -0.15) is 5.10 Å². The molecule has 0 aliphatic carbocycles. The molecule has 1 aromatic heterocycles. The molecule has 1 fully saturated rings. The molecule has 0 unspecified atom stereocenters. The van der Waals surface area contributed by atoms with Crippen LogP contribution in [-0.4, -0.2) is 49.1 Å². The summed E-state index contributed by atoms with van der Waals surface area (Å²) >= 11 is 0. The van der Waals surface area contributed by atoms with E-state index in [4.69, 9.17) is 9.47 Å². The van der Waals surface area contributed by atoms with Crippen molar-refractivity contribution in [3.8, 4) is 5.75 Å². The standard InChI is InChI=1S/C21H25N5O2/c1-15(24-25-21-22-18-5-3-4-6-19(18)23-21)16-7-8-20(27-2)17(13-16)14-26-9-11-28-12-10-26/h3-8,13H,9-12,14H2,1-2H3,(H2,22,23,25)/p+1/b24-15-. The van der Waals surface area contributed by atoms with Crippen molar-refractivity contribution in [2.45, 2.75) is 13.5 Å². The van der Waals surface area contributed by atoms with Crippen molar-refractivity contribution in [2.75, 3.05) is 38.8 Å². The molecule has 28 heavy (non-hydrogen) atoms. The van der Waals surface area contributed by atoms with Gasteiger partial charge in [0.05, 0.1) is 37.1 Å². The van der Waals surface area contributed by atoms with Gasteiger partial charge in [-0.25, -0.2) is 10.4 Å². The van der Waals surface area contributed by atoms with Crippen LogP contribution in [0.1, 0.15) is 18.1 Å². The highest BCUT2D eigenvalue weighted by Crippen LogP contribution is 2.20. The number of benzene rings is 2. The van der Waals surface area contributed by atoms with E-state index in [1.165, 1.54) is 10.5 Å². The molecule has 0 radical (unpaired) electrons. The van der Waals surface area contributed by atoms with Gasteiger partial charge in [0.15, 0.2) is 0 Å². The second kappa shape index (κ2) is 8.41. The van der Waals surface area contributed by atoms with Crippen molar-refractivity contribution in [3.63, 3.8) is 0 Å². The van der Waals surface area contributed by atoms with Gasteiger partial charge in [-0.1, -0.05) is 12.1 Å². The van der Waals surface area contributed by atoms with Crippen LogP contribution in [0, 0.1) is 0 Å². The number of para-hydroxylation sites is 2. The fraction of sp³-hybridized carbons (Fsp3) is 0.333. The zero-order valence-corrected chi connectivity index (χ0v) is 16.3. The Labute approximate surface area is 164 Å². The first kappa shape index (κ1) is 18.5. The number of H-pyrrole nitrogens is 1. The van der Waals surface area contributed by atoms with Crippen molar-refractivity contribution < 1.29 is 14.4 Å². The smallest absolute Gasteiger partial charge is 0.222 e. The molecule has 146 valence electrons. The van der Waals surface area contributed by atoms with Crippen molar-refractivity contribution in [3.05, 3.63) is 53.6 Å². The quantitative estimate of drug-likeness (QED) is 0.450. The Morgan fingerprint density at radius 1 is 1.25 bits per heavy atom. The fourth-order valence-electron chi connectivity index (χ4n) is 3.46. The highest BCUT2D eigenvalue weighted by Gasteiger charge is 2.17. The number of hydrogen-bond donors (Lipinski definition) is 3. The fourth-order valence-corrected chi connectivity index (χ4v) is 3.46. The SMILES string of the molecule is COc1ccc(/C(C)=N\Nc2nc3ccccc3[nH]2)cc1C[NH+]1CCOCC1. The van der Waals surface area contributed by atoms with Gasteiger partial charge >= 0.3 is 0 Å². The highest BCUT2D eigenvalue weighted by atomic mass is 16.5. The monoisotopic (exact) mass is 380 g/mol. The zero-order chi connectivity index (χ0) is 19.3. The normalized spacial score (nSPS) is 15.7. The first-order valence-corrected chi connectivity index (χ1v) is 9.56. The van der Waals surface area contributed by atoms with E-state index in [2.05, 4.69) is 26.6 Å². The molecule has 7 heteroatoms.